The van der Waals surface area contributed by atoms with Gasteiger partial charge in [-0.15, -0.1) is 0 Å². The molecule has 0 aliphatic rings. The topological polar surface area (TPSA) is 8.17 Å². The van der Waals surface area contributed by atoms with Gasteiger partial charge >= 0.3 is 0 Å². The minimum atomic E-state index is -0.405. The van der Waals surface area contributed by atoms with E-state index >= 15 is 0 Å². The van der Waals surface area contributed by atoms with Gasteiger partial charge < -0.3 is 9.47 Å². The molecule has 0 spiro atoms. The molecule has 0 radical (unpaired) electrons. The van der Waals surface area contributed by atoms with Crippen LogP contribution in [0.3, 0.4) is 0 Å². The van der Waals surface area contributed by atoms with Crippen molar-refractivity contribution in [3.05, 3.63) is 243 Å². The van der Waals surface area contributed by atoms with Gasteiger partial charge in [-0.25, -0.2) is 0 Å². The van der Waals surface area contributed by atoms with Crippen LogP contribution in [0.4, 0.5) is 17.1 Å². The Morgan fingerprint density at radius 3 is 1.58 bits per heavy atom. The van der Waals surface area contributed by atoms with Gasteiger partial charge in [-0.3, -0.25) is 0 Å². The Morgan fingerprint density at radius 1 is 0.333 bits per heavy atom. The highest BCUT2D eigenvalue weighted by Gasteiger charge is 2.18. The van der Waals surface area contributed by atoms with Crippen LogP contribution in [0.1, 0.15) is 6.85 Å². The van der Waals surface area contributed by atoms with Gasteiger partial charge in [0.15, 0.2) is 0 Å². The number of aromatic nitrogens is 1. The smallest absolute Gasteiger partial charge is 0.0629 e. The van der Waals surface area contributed by atoms with E-state index in [2.05, 4.69) is 179 Å². The maximum atomic E-state index is 8.74. The monoisotopic (exact) mass is 769 g/mol. The molecule has 0 unspecified atom stereocenters. The molecule has 0 amide bonds. The van der Waals surface area contributed by atoms with Crippen molar-refractivity contribution >= 4 is 49.6 Å². The molecule has 282 valence electrons. The number of hydrogen-bond donors (Lipinski definition) is 0. The Labute approximate surface area is 357 Å². The number of nitrogens with zero attached hydrogens (tertiary/aromatic N) is 2. The summed E-state index contributed by atoms with van der Waals surface area (Å²) in [4.78, 5) is 2.30. The van der Waals surface area contributed by atoms with Gasteiger partial charge in [0.05, 0.1) is 23.6 Å². The Kier molecular flexibility index (Phi) is 7.59. The van der Waals surface area contributed by atoms with Gasteiger partial charge in [0, 0.05) is 33.4 Å². The van der Waals surface area contributed by atoms with Gasteiger partial charge in [0.2, 0.25) is 0 Å². The average molecular weight is 770 g/mol. The standard InChI is InChI=1S/C58H40N2/c1-3-14-41(15-4-1)43-26-33-48(34-27-43)59(49-35-28-45(29-36-49)52-23-13-19-44-18-7-8-20-51(44)52)50-37-30-46(31-38-50)53-21-9-11-24-56(53)60-57-25-12-10-22-54(57)55-39-32-47(40-58(55)60)42-16-5-2-6-17-42/h1-40H/i2D,5D,6D,16D,17D. The van der Waals surface area contributed by atoms with Crippen molar-refractivity contribution < 1.29 is 6.85 Å². The lowest BCUT2D eigenvalue weighted by atomic mass is 9.98. The third-order valence-electron chi connectivity index (χ3n) is 11.5. The highest BCUT2D eigenvalue weighted by Crippen LogP contribution is 2.41. The zero-order valence-corrected chi connectivity index (χ0v) is 32.6. The lowest BCUT2D eigenvalue weighted by Gasteiger charge is -2.26. The molecule has 0 saturated carbocycles. The Hall–Kier alpha value is -7.94. The first-order chi connectivity index (χ1) is 31.8. The molecule has 0 aliphatic heterocycles. The SMILES string of the molecule is [2H]c1c([2H])c([2H])c(-c2ccc3c4ccccc4n(-c4ccccc4-c4ccc(N(c5ccc(-c6ccccc6)cc5)c5ccc(-c6cccc7ccccc67)cc5)cc4)c3c2)c([2H])c1[2H]. The molecule has 1 aromatic heterocycles. The largest absolute Gasteiger partial charge is 0.311 e. The Balaban J connectivity index is 1.02. The zero-order valence-electron chi connectivity index (χ0n) is 37.6. The zero-order chi connectivity index (χ0) is 44.2. The van der Waals surface area contributed by atoms with Crippen LogP contribution < -0.4 is 4.90 Å². The summed E-state index contributed by atoms with van der Waals surface area (Å²) < 4.78 is 44.6. The van der Waals surface area contributed by atoms with Crippen LogP contribution in [0.5, 0.6) is 0 Å². The maximum Gasteiger partial charge on any atom is 0.0629 e. The normalized spacial score (nSPS) is 12.5. The molecule has 2 nitrogen and oxygen atoms in total. The highest BCUT2D eigenvalue weighted by molar-refractivity contribution is 6.10. The van der Waals surface area contributed by atoms with Crippen molar-refractivity contribution in [2.45, 2.75) is 0 Å². The van der Waals surface area contributed by atoms with Crippen molar-refractivity contribution in [2.24, 2.45) is 0 Å². The predicted octanol–water partition coefficient (Wildman–Crippen LogP) is 16.1. The molecule has 0 aliphatic carbocycles. The molecule has 0 bridgehead atoms. The minimum Gasteiger partial charge on any atom is -0.311 e. The molecular weight excluding hydrogens is 725 g/mol. The minimum absolute atomic E-state index is 0.182. The summed E-state index contributed by atoms with van der Waals surface area (Å²) in [6, 6.07) is 72.5. The molecule has 1 heterocycles. The van der Waals surface area contributed by atoms with E-state index in [0.717, 1.165) is 66.8 Å². The van der Waals surface area contributed by atoms with Gasteiger partial charge in [0.1, 0.15) is 0 Å². The molecule has 0 atom stereocenters. The van der Waals surface area contributed by atoms with Crippen LogP contribution in [0.2, 0.25) is 0 Å². The van der Waals surface area contributed by atoms with Gasteiger partial charge in [-0.1, -0.05) is 188 Å². The van der Waals surface area contributed by atoms with Gasteiger partial charge in [-0.05, 0) is 104 Å². The number of para-hydroxylation sites is 2. The Morgan fingerprint density at radius 2 is 0.850 bits per heavy atom. The third-order valence-corrected chi connectivity index (χ3v) is 11.5. The van der Waals surface area contributed by atoms with Crippen molar-refractivity contribution in [2.75, 3.05) is 4.90 Å². The lowest BCUT2D eigenvalue weighted by Crippen LogP contribution is -2.09. The summed E-state index contributed by atoms with van der Waals surface area (Å²) in [6.07, 6.45) is 0. The van der Waals surface area contributed by atoms with E-state index in [1.54, 1.807) is 0 Å². The van der Waals surface area contributed by atoms with E-state index in [-0.39, 0.29) is 29.7 Å². The molecule has 0 saturated heterocycles. The fraction of sp³-hybridized carbons (Fsp3) is 0. The summed E-state index contributed by atoms with van der Waals surface area (Å²) in [5, 5.41) is 4.50. The van der Waals surface area contributed by atoms with Crippen molar-refractivity contribution in [1.82, 2.24) is 4.57 Å². The lowest BCUT2D eigenvalue weighted by molar-refractivity contribution is 1.18. The van der Waals surface area contributed by atoms with Crippen molar-refractivity contribution in [1.29, 1.82) is 0 Å². The number of anilines is 3. The maximum absolute atomic E-state index is 8.74. The Bertz CT molecular complexity index is 3550. The van der Waals surface area contributed by atoms with E-state index in [0.29, 0.717) is 5.56 Å². The summed E-state index contributed by atoms with van der Waals surface area (Å²) in [5.74, 6) is 0. The van der Waals surface area contributed by atoms with Crippen molar-refractivity contribution in [3.63, 3.8) is 0 Å². The second-order valence-corrected chi connectivity index (χ2v) is 15.0. The fourth-order valence-corrected chi connectivity index (χ4v) is 8.63. The molecular formula is C58H40N2. The molecule has 10 aromatic carbocycles. The number of rotatable bonds is 8. The molecule has 11 rings (SSSR count). The number of hydrogen-bond acceptors (Lipinski definition) is 1. The van der Waals surface area contributed by atoms with E-state index in [9.17, 15) is 0 Å². The van der Waals surface area contributed by atoms with E-state index in [4.69, 9.17) is 6.85 Å². The van der Waals surface area contributed by atoms with Gasteiger partial charge in [0.25, 0.3) is 0 Å². The molecule has 0 N–H and O–H groups in total. The molecule has 2 heteroatoms. The molecule has 0 fully saturated rings. The number of benzene rings is 10. The van der Waals surface area contributed by atoms with Gasteiger partial charge in [-0.2, -0.15) is 0 Å². The van der Waals surface area contributed by atoms with Crippen LogP contribution >= 0.6 is 0 Å². The first-order valence-corrected chi connectivity index (χ1v) is 20.2. The average Bonchev–Trinajstić information content (AvgIpc) is 3.69. The summed E-state index contributed by atoms with van der Waals surface area (Å²) in [5.41, 5.74) is 13.4. The summed E-state index contributed by atoms with van der Waals surface area (Å²) in [7, 11) is 0. The third kappa shape index (κ3) is 6.32. The first-order valence-electron chi connectivity index (χ1n) is 22.7. The molecule has 60 heavy (non-hydrogen) atoms. The van der Waals surface area contributed by atoms with E-state index < -0.39 is 6.04 Å². The van der Waals surface area contributed by atoms with Crippen molar-refractivity contribution in [3.8, 4) is 50.2 Å². The summed E-state index contributed by atoms with van der Waals surface area (Å²) in [6.45, 7) is 0. The molecule has 11 aromatic rings. The van der Waals surface area contributed by atoms with E-state index in [1.165, 1.54) is 21.9 Å². The summed E-state index contributed by atoms with van der Waals surface area (Å²) >= 11 is 0. The fourth-order valence-electron chi connectivity index (χ4n) is 8.63. The van der Waals surface area contributed by atoms with Crippen LogP contribution in [0, 0.1) is 0 Å². The highest BCUT2D eigenvalue weighted by atomic mass is 15.1. The number of fused-ring (bicyclic) bond motifs is 4. The van der Waals surface area contributed by atoms with Crippen LogP contribution in [0.25, 0.3) is 82.8 Å². The van der Waals surface area contributed by atoms with Crippen LogP contribution in [-0.2, 0) is 0 Å². The second kappa shape index (κ2) is 15.1. The predicted molar refractivity (Wildman–Crippen MR) is 255 cm³/mol. The first kappa shape index (κ1) is 30.2. The van der Waals surface area contributed by atoms with Crippen LogP contribution in [0.15, 0.2) is 243 Å². The quantitative estimate of drug-likeness (QED) is 0.149. The van der Waals surface area contributed by atoms with Crippen LogP contribution in [-0.4, -0.2) is 4.57 Å². The van der Waals surface area contributed by atoms with E-state index in [1.807, 2.05) is 42.5 Å². The second-order valence-electron chi connectivity index (χ2n) is 15.0.